The van der Waals surface area contributed by atoms with Crippen molar-refractivity contribution in [1.29, 1.82) is 0 Å². The minimum atomic E-state index is 0.278. The Morgan fingerprint density at radius 1 is 1.40 bits per heavy atom. The summed E-state index contributed by atoms with van der Waals surface area (Å²) in [7, 11) is 2.13. The van der Waals surface area contributed by atoms with E-state index in [0.29, 0.717) is 0 Å². The van der Waals surface area contributed by atoms with Crippen LogP contribution < -0.4 is 0 Å². The molecule has 0 N–H and O–H groups in total. The summed E-state index contributed by atoms with van der Waals surface area (Å²) < 4.78 is 2.18. The topological polar surface area (TPSA) is 33.4 Å². The van der Waals surface area contributed by atoms with Crippen molar-refractivity contribution in [2.45, 2.75) is 26.4 Å². The maximum atomic E-state index is 4.60. The van der Waals surface area contributed by atoms with Gasteiger partial charge in [0.15, 0.2) is 4.96 Å². The molecule has 0 aliphatic carbocycles. The van der Waals surface area contributed by atoms with E-state index < -0.39 is 0 Å². The van der Waals surface area contributed by atoms with Gasteiger partial charge in [-0.15, -0.1) is 11.3 Å². The molecule has 0 bridgehead atoms. The second-order valence-electron chi connectivity index (χ2n) is 5.05. The molecule has 4 nitrogen and oxygen atoms in total. The summed E-state index contributed by atoms with van der Waals surface area (Å²) in [6.07, 6.45) is 3.94. The van der Waals surface area contributed by atoms with Gasteiger partial charge in [0.25, 0.3) is 0 Å². The van der Waals surface area contributed by atoms with Crippen molar-refractivity contribution in [3.63, 3.8) is 0 Å². The van der Waals surface area contributed by atoms with Crippen LogP contribution in [0.15, 0.2) is 36.0 Å². The predicted molar refractivity (Wildman–Crippen MR) is 81.9 cm³/mol. The van der Waals surface area contributed by atoms with Crippen LogP contribution in [0.25, 0.3) is 4.96 Å². The molecule has 0 saturated heterocycles. The number of thiazole rings is 1. The van der Waals surface area contributed by atoms with Crippen molar-refractivity contribution in [2.75, 3.05) is 7.05 Å². The molecule has 0 fully saturated rings. The number of nitrogens with zero attached hydrogens (tertiary/aromatic N) is 4. The van der Waals surface area contributed by atoms with Gasteiger partial charge in [-0.3, -0.25) is 14.3 Å². The third-order valence-corrected chi connectivity index (χ3v) is 4.49. The molecule has 104 valence electrons. The first-order valence-electron chi connectivity index (χ1n) is 6.69. The number of hydrogen-bond donors (Lipinski definition) is 0. The fraction of sp³-hybridized carbons (Fsp3) is 0.333. The third kappa shape index (κ3) is 2.34. The predicted octanol–water partition coefficient (Wildman–Crippen LogP) is 3.29. The molecular formula is C15H18N4S. The summed E-state index contributed by atoms with van der Waals surface area (Å²) in [5.74, 6) is 0. The zero-order valence-corrected chi connectivity index (χ0v) is 12.8. The average Bonchev–Trinajstić information content (AvgIpc) is 3.02. The number of aryl methyl sites for hydroxylation is 1. The molecular weight excluding hydrogens is 268 g/mol. The van der Waals surface area contributed by atoms with Crippen molar-refractivity contribution in [3.05, 3.63) is 53.1 Å². The van der Waals surface area contributed by atoms with Gasteiger partial charge < -0.3 is 0 Å². The van der Waals surface area contributed by atoms with E-state index in [9.17, 15) is 0 Å². The average molecular weight is 286 g/mol. The van der Waals surface area contributed by atoms with Gasteiger partial charge in [-0.25, -0.2) is 4.98 Å². The highest BCUT2D eigenvalue weighted by Crippen LogP contribution is 2.22. The summed E-state index contributed by atoms with van der Waals surface area (Å²) in [6, 6.07) is 6.34. The van der Waals surface area contributed by atoms with E-state index in [-0.39, 0.29) is 6.04 Å². The molecule has 0 saturated carbocycles. The van der Waals surface area contributed by atoms with E-state index in [0.717, 1.165) is 22.9 Å². The summed E-state index contributed by atoms with van der Waals surface area (Å²) in [5.41, 5.74) is 3.46. The Balaban J connectivity index is 1.83. The Morgan fingerprint density at radius 3 is 3.00 bits per heavy atom. The smallest absolute Gasteiger partial charge is 0.194 e. The largest absolute Gasteiger partial charge is 0.293 e. The summed E-state index contributed by atoms with van der Waals surface area (Å²) in [4.78, 5) is 12.4. The Hall–Kier alpha value is -1.72. The molecule has 20 heavy (non-hydrogen) atoms. The maximum absolute atomic E-state index is 4.60. The van der Waals surface area contributed by atoms with Gasteiger partial charge in [0.05, 0.1) is 17.1 Å². The SMILES string of the molecule is Cc1nc2sccn2c1CN(C)[C@H](C)c1ccccn1. The van der Waals surface area contributed by atoms with Crippen molar-refractivity contribution in [2.24, 2.45) is 0 Å². The monoisotopic (exact) mass is 286 g/mol. The minimum Gasteiger partial charge on any atom is -0.293 e. The highest BCUT2D eigenvalue weighted by Gasteiger charge is 2.17. The lowest BCUT2D eigenvalue weighted by atomic mass is 10.2. The summed E-state index contributed by atoms with van der Waals surface area (Å²) in [6.45, 7) is 5.12. The van der Waals surface area contributed by atoms with Crippen LogP contribution in [0.4, 0.5) is 0 Å². The van der Waals surface area contributed by atoms with Crippen molar-refractivity contribution in [3.8, 4) is 0 Å². The third-order valence-electron chi connectivity index (χ3n) is 3.74. The van der Waals surface area contributed by atoms with Gasteiger partial charge in [0.2, 0.25) is 0 Å². The van der Waals surface area contributed by atoms with Gasteiger partial charge in [-0.1, -0.05) is 6.07 Å². The number of pyridine rings is 1. The minimum absolute atomic E-state index is 0.278. The van der Waals surface area contributed by atoms with Gasteiger partial charge in [0, 0.05) is 30.4 Å². The van der Waals surface area contributed by atoms with Crippen LogP contribution >= 0.6 is 11.3 Å². The second-order valence-corrected chi connectivity index (χ2v) is 5.92. The molecule has 5 heteroatoms. The number of aromatic nitrogens is 3. The van der Waals surface area contributed by atoms with Crippen LogP contribution in [0, 0.1) is 6.92 Å². The van der Waals surface area contributed by atoms with E-state index in [1.54, 1.807) is 11.3 Å². The van der Waals surface area contributed by atoms with Crippen molar-refractivity contribution < 1.29 is 0 Å². The Bertz CT molecular complexity index is 701. The molecule has 0 aliphatic heterocycles. The summed E-state index contributed by atoms with van der Waals surface area (Å²) in [5, 5.41) is 2.08. The number of fused-ring (bicyclic) bond motifs is 1. The van der Waals surface area contributed by atoms with Crippen LogP contribution in [0.2, 0.25) is 0 Å². The lowest BCUT2D eigenvalue weighted by molar-refractivity contribution is 0.244. The molecule has 0 aliphatic rings. The maximum Gasteiger partial charge on any atom is 0.194 e. The highest BCUT2D eigenvalue weighted by atomic mass is 32.1. The van der Waals surface area contributed by atoms with Crippen molar-refractivity contribution in [1.82, 2.24) is 19.3 Å². The molecule has 0 unspecified atom stereocenters. The number of hydrogen-bond acceptors (Lipinski definition) is 4. The van der Waals surface area contributed by atoms with Crippen molar-refractivity contribution >= 4 is 16.3 Å². The first-order chi connectivity index (χ1) is 9.66. The van der Waals surface area contributed by atoms with Gasteiger partial charge in [-0.2, -0.15) is 0 Å². The fourth-order valence-corrected chi connectivity index (χ4v) is 3.13. The van der Waals surface area contributed by atoms with E-state index in [1.807, 2.05) is 18.3 Å². The van der Waals surface area contributed by atoms with E-state index in [2.05, 4.69) is 57.8 Å². The zero-order chi connectivity index (χ0) is 14.1. The van der Waals surface area contributed by atoms with Gasteiger partial charge >= 0.3 is 0 Å². The van der Waals surface area contributed by atoms with Crippen LogP contribution in [0.1, 0.15) is 30.0 Å². The number of rotatable bonds is 4. The van der Waals surface area contributed by atoms with Crippen LogP contribution in [0.5, 0.6) is 0 Å². The molecule has 3 aromatic rings. The van der Waals surface area contributed by atoms with E-state index in [1.165, 1.54) is 5.69 Å². The normalized spacial score (nSPS) is 13.2. The highest BCUT2D eigenvalue weighted by molar-refractivity contribution is 7.15. The standard InChI is InChI=1S/C15H18N4S/c1-11-14(19-8-9-20-15(19)17-11)10-18(3)12(2)13-6-4-5-7-16-13/h4-9,12H,10H2,1-3H3/t12-/m1/s1. The first-order valence-corrected chi connectivity index (χ1v) is 7.57. The molecule has 3 heterocycles. The zero-order valence-electron chi connectivity index (χ0n) is 11.9. The Morgan fingerprint density at radius 2 is 2.25 bits per heavy atom. The number of imidazole rings is 1. The van der Waals surface area contributed by atoms with Crippen LogP contribution in [-0.4, -0.2) is 26.3 Å². The quantitative estimate of drug-likeness (QED) is 0.738. The molecule has 3 rings (SSSR count). The first kappa shape index (κ1) is 13.3. The molecule has 0 amide bonds. The van der Waals surface area contributed by atoms with E-state index in [4.69, 9.17) is 0 Å². The van der Waals surface area contributed by atoms with E-state index >= 15 is 0 Å². The van der Waals surface area contributed by atoms with Gasteiger partial charge in [0.1, 0.15) is 0 Å². The van der Waals surface area contributed by atoms with Crippen LogP contribution in [-0.2, 0) is 6.54 Å². The molecule has 0 radical (unpaired) electrons. The van der Waals surface area contributed by atoms with Crippen LogP contribution in [0.3, 0.4) is 0 Å². The lowest BCUT2D eigenvalue weighted by Gasteiger charge is -2.24. The molecule has 0 spiro atoms. The molecule has 1 atom stereocenters. The Kier molecular flexibility index (Phi) is 3.54. The lowest BCUT2D eigenvalue weighted by Crippen LogP contribution is -2.23. The Labute approximate surface area is 122 Å². The molecule has 3 aromatic heterocycles. The second kappa shape index (κ2) is 5.34. The molecule has 0 aromatic carbocycles. The fourth-order valence-electron chi connectivity index (χ4n) is 2.35. The summed E-state index contributed by atoms with van der Waals surface area (Å²) >= 11 is 1.68. The van der Waals surface area contributed by atoms with Gasteiger partial charge in [-0.05, 0) is 33.0 Å².